The van der Waals surface area contributed by atoms with Crippen molar-refractivity contribution in [1.29, 1.82) is 0 Å². The molecule has 9 heteroatoms. The quantitative estimate of drug-likeness (QED) is 0.168. The van der Waals surface area contributed by atoms with E-state index in [0.29, 0.717) is 29.2 Å². The molecule has 2 saturated heterocycles. The first kappa shape index (κ1) is 29.5. The van der Waals surface area contributed by atoms with Gasteiger partial charge in [0, 0.05) is 14.8 Å². The molecule has 2 N–H and O–H groups in total. The van der Waals surface area contributed by atoms with E-state index in [9.17, 15) is 19.5 Å². The average molecular weight is 715 g/mol. The summed E-state index contributed by atoms with van der Waals surface area (Å²) in [5, 5.41) is 14.1. The molecule has 3 heterocycles. The van der Waals surface area contributed by atoms with Gasteiger partial charge in [0.1, 0.15) is 29.2 Å². The number of fused-ring (bicyclic) bond motifs is 3. The zero-order valence-electron chi connectivity index (χ0n) is 24.4. The zero-order chi connectivity index (χ0) is 31.3. The Bertz CT molecular complexity index is 1780. The third kappa shape index (κ3) is 4.54. The summed E-state index contributed by atoms with van der Waals surface area (Å²) in [6.45, 7) is 2.44. The number of morpholine rings is 1. The van der Waals surface area contributed by atoms with Crippen molar-refractivity contribution in [2.24, 2.45) is 5.92 Å². The topological polar surface area (TPSA) is 105 Å². The van der Waals surface area contributed by atoms with Crippen LogP contribution in [0.1, 0.15) is 53.8 Å². The number of ether oxygens (including phenoxy) is 2. The molecule has 0 saturated carbocycles. The molecule has 0 radical (unpaired) electrons. The normalized spacial score (nSPS) is 27.0. The highest BCUT2D eigenvalue weighted by atomic mass is 127. The predicted octanol–water partition coefficient (Wildman–Crippen LogP) is 6.44. The summed E-state index contributed by atoms with van der Waals surface area (Å²) in [6, 6.07) is 29.3. The van der Waals surface area contributed by atoms with Gasteiger partial charge in [0.25, 0.3) is 0 Å². The van der Waals surface area contributed by atoms with Crippen LogP contribution in [0.25, 0.3) is 0 Å². The minimum atomic E-state index is -1.68. The number of hydrogen-bond donors (Lipinski definition) is 2. The molecule has 7 rings (SSSR count). The zero-order valence-corrected chi connectivity index (χ0v) is 26.6. The first-order chi connectivity index (χ1) is 21.9. The van der Waals surface area contributed by atoms with Crippen LogP contribution in [-0.4, -0.2) is 40.5 Å². The van der Waals surface area contributed by atoms with E-state index in [2.05, 4.69) is 27.9 Å². The van der Waals surface area contributed by atoms with Crippen LogP contribution in [0.3, 0.4) is 0 Å². The summed E-state index contributed by atoms with van der Waals surface area (Å²) < 4.78 is 13.4. The summed E-state index contributed by atoms with van der Waals surface area (Å²) in [5.41, 5.74) is 1.65. The van der Waals surface area contributed by atoms with Crippen molar-refractivity contribution in [3.05, 3.63) is 129 Å². The number of halogens is 1. The minimum Gasteiger partial charge on any atom is -0.493 e. The van der Waals surface area contributed by atoms with Crippen LogP contribution < -0.4 is 10.1 Å². The lowest BCUT2D eigenvalue weighted by Gasteiger charge is -2.46. The Balaban J connectivity index is 1.58. The highest BCUT2D eigenvalue weighted by molar-refractivity contribution is 14.1. The maximum Gasteiger partial charge on any atom is 0.325 e. The number of rotatable bonds is 7. The number of nitrogens with zero attached hydrogens (tertiary/aromatic N) is 1. The minimum absolute atomic E-state index is 0.431. The number of benzene rings is 4. The summed E-state index contributed by atoms with van der Waals surface area (Å²) in [7, 11) is 0. The molecule has 0 bridgehead atoms. The Morgan fingerprint density at radius 2 is 1.60 bits per heavy atom. The number of esters is 1. The molecule has 1 amide bonds. The van der Waals surface area contributed by atoms with Crippen LogP contribution in [-0.2, 0) is 24.5 Å². The summed E-state index contributed by atoms with van der Waals surface area (Å²) >= 11 is 2.17. The van der Waals surface area contributed by atoms with Crippen LogP contribution in [0.15, 0.2) is 103 Å². The van der Waals surface area contributed by atoms with Gasteiger partial charge in [-0.05, 0) is 70.0 Å². The number of cyclic esters (lactones) is 1. The van der Waals surface area contributed by atoms with Gasteiger partial charge in [-0.2, -0.15) is 0 Å². The fraction of sp³-hybridized carbons (Fsp3) is 0.250. The van der Waals surface area contributed by atoms with Gasteiger partial charge >= 0.3 is 11.9 Å². The molecule has 8 nitrogen and oxygen atoms in total. The first-order valence-electron chi connectivity index (χ1n) is 15.0. The van der Waals surface area contributed by atoms with Crippen LogP contribution in [0.5, 0.6) is 5.75 Å². The highest BCUT2D eigenvalue weighted by Gasteiger charge is 2.74. The summed E-state index contributed by atoms with van der Waals surface area (Å²) in [5.74, 6) is -3.31. The van der Waals surface area contributed by atoms with Crippen molar-refractivity contribution in [2.45, 2.75) is 43.0 Å². The van der Waals surface area contributed by atoms with Crippen LogP contribution in [0.4, 0.5) is 5.69 Å². The lowest BCUT2D eigenvalue weighted by Crippen LogP contribution is -2.52. The molecule has 0 aliphatic carbocycles. The number of aliphatic carboxylic acids is 1. The van der Waals surface area contributed by atoms with Gasteiger partial charge in [-0.25, -0.2) is 0 Å². The molecular formula is C36H31IN2O6. The molecule has 4 aromatic rings. The van der Waals surface area contributed by atoms with Crippen LogP contribution in [0, 0.1) is 9.49 Å². The Morgan fingerprint density at radius 1 is 0.933 bits per heavy atom. The van der Waals surface area contributed by atoms with Crippen molar-refractivity contribution in [3.8, 4) is 5.75 Å². The monoisotopic (exact) mass is 714 g/mol. The largest absolute Gasteiger partial charge is 0.493 e. The molecular weight excluding hydrogens is 683 g/mol. The van der Waals surface area contributed by atoms with Crippen molar-refractivity contribution in [3.63, 3.8) is 0 Å². The van der Waals surface area contributed by atoms with E-state index >= 15 is 0 Å². The number of nitrogens with one attached hydrogen (secondary N) is 1. The van der Waals surface area contributed by atoms with Gasteiger partial charge in [-0.3, -0.25) is 19.3 Å². The molecule has 228 valence electrons. The van der Waals surface area contributed by atoms with Gasteiger partial charge in [-0.1, -0.05) is 85.8 Å². The smallest absolute Gasteiger partial charge is 0.325 e. The molecule has 0 aromatic heterocycles. The van der Waals surface area contributed by atoms with E-state index < -0.39 is 53.4 Å². The number of carboxylic acids is 1. The van der Waals surface area contributed by atoms with E-state index in [0.717, 1.165) is 21.1 Å². The Labute approximate surface area is 274 Å². The SMILES string of the molecule is CCCOc1ccccc1[C@H]1N2[C@H](C(=O)O[C@H](c3ccccc3)[C@@H]2c2ccccc2)[C@@H](C(=O)O)[C@]12C(=O)Nc1ccc(I)cc12. The van der Waals surface area contributed by atoms with E-state index in [1.54, 1.807) is 6.07 Å². The van der Waals surface area contributed by atoms with Crippen molar-refractivity contribution < 1.29 is 29.0 Å². The Kier molecular flexibility index (Phi) is 7.61. The molecule has 0 unspecified atom stereocenters. The van der Waals surface area contributed by atoms with E-state index in [1.807, 2.05) is 109 Å². The average Bonchev–Trinajstić information content (AvgIpc) is 3.53. The summed E-state index contributed by atoms with van der Waals surface area (Å²) in [4.78, 5) is 44.5. The lowest BCUT2D eigenvalue weighted by atomic mass is 9.65. The lowest BCUT2D eigenvalue weighted by molar-refractivity contribution is -0.179. The number of anilines is 1. The number of hydrogen-bond acceptors (Lipinski definition) is 6. The highest BCUT2D eigenvalue weighted by Crippen LogP contribution is 2.65. The maximum absolute atomic E-state index is 14.6. The third-order valence-corrected chi connectivity index (χ3v) is 9.88. The number of carboxylic acid groups (broad SMARTS) is 1. The second-order valence-corrected chi connectivity index (χ2v) is 12.9. The van der Waals surface area contributed by atoms with E-state index in [1.165, 1.54) is 0 Å². The number of amides is 1. The molecule has 2 fully saturated rings. The molecule has 3 aliphatic rings. The van der Waals surface area contributed by atoms with Crippen molar-refractivity contribution in [1.82, 2.24) is 4.90 Å². The van der Waals surface area contributed by atoms with E-state index in [-0.39, 0.29) is 0 Å². The molecule has 3 aliphatic heterocycles. The predicted molar refractivity (Wildman–Crippen MR) is 176 cm³/mol. The Hall–Kier alpha value is -4.22. The van der Waals surface area contributed by atoms with Crippen molar-refractivity contribution >= 4 is 46.1 Å². The number of carbonyl (C=O) groups excluding carboxylic acids is 2. The first-order valence-corrected chi connectivity index (χ1v) is 16.1. The van der Waals surface area contributed by atoms with Crippen molar-refractivity contribution in [2.75, 3.05) is 11.9 Å². The standard InChI is InChI=1S/C36H31IN2O6/c1-2-19-44-27-16-10-9-15-24(27)32-36(25-20-23(37)17-18-26(25)38-35(36)43)28(33(40)41)30-34(42)45-31(22-13-7-4-8-14-22)29(39(30)32)21-11-5-3-6-12-21/h3-18,20,28-32H,2,19H2,1H3,(H,38,43)(H,40,41)/t28-,29-,30-,31+,32+,36-/m0/s1. The van der Waals surface area contributed by atoms with Gasteiger partial charge < -0.3 is 19.9 Å². The van der Waals surface area contributed by atoms with Crippen LogP contribution >= 0.6 is 22.6 Å². The molecule has 6 atom stereocenters. The number of para-hydroxylation sites is 1. The number of carbonyl (C=O) groups is 3. The second kappa shape index (κ2) is 11.6. The fourth-order valence-corrected chi connectivity index (χ4v) is 8.06. The van der Waals surface area contributed by atoms with E-state index in [4.69, 9.17) is 9.47 Å². The van der Waals surface area contributed by atoms with Gasteiger partial charge in [-0.15, -0.1) is 0 Å². The third-order valence-electron chi connectivity index (χ3n) is 9.21. The molecule has 4 aromatic carbocycles. The van der Waals surface area contributed by atoms with Gasteiger partial charge in [0.15, 0.2) is 0 Å². The van der Waals surface area contributed by atoms with Crippen LogP contribution in [0.2, 0.25) is 0 Å². The van der Waals surface area contributed by atoms with Gasteiger partial charge in [0.05, 0.1) is 18.7 Å². The maximum atomic E-state index is 14.6. The molecule has 45 heavy (non-hydrogen) atoms. The fourth-order valence-electron chi connectivity index (χ4n) is 7.57. The summed E-state index contributed by atoms with van der Waals surface area (Å²) in [6.07, 6.45) is -0.0156. The Morgan fingerprint density at radius 3 is 2.29 bits per heavy atom. The van der Waals surface area contributed by atoms with Gasteiger partial charge in [0.2, 0.25) is 5.91 Å². The molecule has 1 spiro atoms. The second-order valence-electron chi connectivity index (χ2n) is 11.6.